The second-order valence-electron chi connectivity index (χ2n) is 6.83. The van der Waals surface area contributed by atoms with Crippen molar-refractivity contribution in [1.29, 1.82) is 0 Å². The van der Waals surface area contributed by atoms with Crippen molar-refractivity contribution in [2.45, 2.75) is 51.2 Å². The number of amides is 1. The van der Waals surface area contributed by atoms with E-state index < -0.39 is 22.1 Å². The van der Waals surface area contributed by atoms with Crippen molar-refractivity contribution in [1.82, 2.24) is 5.32 Å². The fourth-order valence-electron chi connectivity index (χ4n) is 3.36. The van der Waals surface area contributed by atoms with Gasteiger partial charge in [0.15, 0.2) is 6.10 Å². The van der Waals surface area contributed by atoms with Crippen LogP contribution < -0.4 is 9.62 Å². The van der Waals surface area contributed by atoms with Crippen LogP contribution in [0.3, 0.4) is 0 Å². The first kappa shape index (κ1) is 18.7. The Hall–Kier alpha value is -2.09. The van der Waals surface area contributed by atoms with Crippen molar-refractivity contribution in [3.8, 4) is 0 Å². The van der Waals surface area contributed by atoms with E-state index in [-0.39, 0.29) is 23.3 Å². The molecule has 1 amide bonds. The van der Waals surface area contributed by atoms with E-state index in [0.717, 1.165) is 25.7 Å². The quantitative estimate of drug-likeness (QED) is 0.787. The van der Waals surface area contributed by atoms with Gasteiger partial charge in [-0.2, -0.15) is 0 Å². The molecule has 2 aliphatic rings. The summed E-state index contributed by atoms with van der Waals surface area (Å²) < 4.78 is 30.4. The van der Waals surface area contributed by atoms with Crippen molar-refractivity contribution in [2.75, 3.05) is 16.6 Å². The van der Waals surface area contributed by atoms with Gasteiger partial charge in [-0.15, -0.1) is 0 Å². The number of hydrogen-bond acceptors (Lipinski definition) is 5. The molecule has 0 radical (unpaired) electrons. The monoisotopic (exact) mass is 380 g/mol. The van der Waals surface area contributed by atoms with Crippen LogP contribution in [-0.2, 0) is 19.6 Å². The summed E-state index contributed by atoms with van der Waals surface area (Å²) in [6, 6.07) is 6.39. The minimum absolute atomic E-state index is 0.143. The number of hydrogen-bond donors (Lipinski definition) is 1. The van der Waals surface area contributed by atoms with Crippen molar-refractivity contribution in [3.63, 3.8) is 0 Å². The lowest BCUT2D eigenvalue weighted by Gasteiger charge is -2.18. The summed E-state index contributed by atoms with van der Waals surface area (Å²) in [4.78, 5) is 24.3. The molecule has 7 nitrogen and oxygen atoms in total. The Morgan fingerprint density at radius 3 is 2.38 bits per heavy atom. The molecule has 0 bridgehead atoms. The maximum Gasteiger partial charge on any atom is 0.338 e. The van der Waals surface area contributed by atoms with E-state index in [1.807, 2.05) is 0 Å². The van der Waals surface area contributed by atoms with Crippen LogP contribution in [0, 0.1) is 0 Å². The Labute approximate surface area is 153 Å². The number of ether oxygens (including phenoxy) is 1. The summed E-state index contributed by atoms with van der Waals surface area (Å²) >= 11 is 0. The molecular formula is C18H24N2O5S. The number of carbonyl (C=O) groups is 2. The topological polar surface area (TPSA) is 92.8 Å². The summed E-state index contributed by atoms with van der Waals surface area (Å²) in [5, 5.41) is 2.90. The third kappa shape index (κ3) is 4.17. The van der Waals surface area contributed by atoms with Crippen LogP contribution in [0.15, 0.2) is 24.3 Å². The van der Waals surface area contributed by atoms with Gasteiger partial charge in [-0.1, -0.05) is 12.8 Å². The second-order valence-corrected chi connectivity index (χ2v) is 8.84. The zero-order valence-electron chi connectivity index (χ0n) is 14.8. The maximum atomic E-state index is 12.2. The number of nitrogens with one attached hydrogen (secondary N) is 1. The molecule has 1 aromatic rings. The molecular weight excluding hydrogens is 356 g/mol. The molecule has 1 unspecified atom stereocenters. The number of rotatable bonds is 5. The van der Waals surface area contributed by atoms with Gasteiger partial charge in [0.1, 0.15) is 0 Å². The van der Waals surface area contributed by atoms with Crippen molar-refractivity contribution >= 4 is 27.6 Å². The van der Waals surface area contributed by atoms with E-state index in [4.69, 9.17) is 4.74 Å². The van der Waals surface area contributed by atoms with Gasteiger partial charge >= 0.3 is 5.97 Å². The predicted octanol–water partition coefficient (Wildman–Crippen LogP) is 1.83. The molecule has 1 aromatic carbocycles. The van der Waals surface area contributed by atoms with Crippen molar-refractivity contribution in [2.24, 2.45) is 0 Å². The third-order valence-electron chi connectivity index (χ3n) is 4.84. The molecule has 1 N–H and O–H groups in total. The molecule has 2 fully saturated rings. The third-order valence-corrected chi connectivity index (χ3v) is 6.71. The van der Waals surface area contributed by atoms with Gasteiger partial charge in [-0.3, -0.25) is 9.10 Å². The normalized spacial score (nSPS) is 20.7. The highest BCUT2D eigenvalue weighted by Crippen LogP contribution is 2.24. The summed E-state index contributed by atoms with van der Waals surface area (Å²) in [6.07, 6.45) is 3.87. The molecule has 26 heavy (non-hydrogen) atoms. The molecule has 3 rings (SSSR count). The molecule has 1 aliphatic heterocycles. The fourth-order valence-corrected chi connectivity index (χ4v) is 4.93. The lowest BCUT2D eigenvalue weighted by atomic mass is 10.2. The van der Waals surface area contributed by atoms with Crippen molar-refractivity contribution < 1.29 is 22.7 Å². The van der Waals surface area contributed by atoms with Crippen LogP contribution in [0.4, 0.5) is 5.69 Å². The molecule has 0 spiro atoms. The zero-order valence-corrected chi connectivity index (χ0v) is 15.6. The van der Waals surface area contributed by atoms with Crippen LogP contribution in [0.5, 0.6) is 0 Å². The number of esters is 1. The summed E-state index contributed by atoms with van der Waals surface area (Å²) in [5.41, 5.74) is 0.817. The first-order valence-electron chi connectivity index (χ1n) is 8.99. The number of anilines is 1. The second kappa shape index (κ2) is 7.65. The van der Waals surface area contributed by atoms with Gasteiger partial charge in [-0.05, 0) is 50.5 Å². The van der Waals surface area contributed by atoms with Gasteiger partial charge in [0.2, 0.25) is 10.0 Å². The summed E-state index contributed by atoms with van der Waals surface area (Å²) in [7, 11) is -3.25. The first-order valence-corrected chi connectivity index (χ1v) is 10.6. The number of nitrogens with zero attached hydrogens (tertiary/aromatic N) is 1. The number of carbonyl (C=O) groups excluding carboxylic acids is 2. The minimum atomic E-state index is -3.25. The SMILES string of the molecule is CC(OC(=O)c1ccc(N2CCCS2(=O)=O)cc1)C(=O)NC1CCCC1. The molecule has 142 valence electrons. The van der Waals surface area contributed by atoms with Gasteiger partial charge < -0.3 is 10.1 Å². The zero-order chi connectivity index (χ0) is 18.7. The molecule has 1 atom stereocenters. The average Bonchev–Trinajstić information content (AvgIpc) is 3.23. The Bertz CT molecular complexity index is 769. The van der Waals surface area contributed by atoms with Crippen LogP contribution in [0.1, 0.15) is 49.4 Å². The predicted molar refractivity (Wildman–Crippen MR) is 97.5 cm³/mol. The molecule has 1 saturated carbocycles. The first-order chi connectivity index (χ1) is 12.4. The van der Waals surface area contributed by atoms with Gasteiger partial charge in [0.25, 0.3) is 5.91 Å². The smallest absolute Gasteiger partial charge is 0.338 e. The van der Waals surface area contributed by atoms with Gasteiger partial charge in [0, 0.05) is 12.6 Å². The van der Waals surface area contributed by atoms with E-state index in [0.29, 0.717) is 18.7 Å². The average molecular weight is 380 g/mol. The van der Waals surface area contributed by atoms with Crippen LogP contribution >= 0.6 is 0 Å². The Morgan fingerprint density at radius 2 is 1.81 bits per heavy atom. The fraction of sp³-hybridized carbons (Fsp3) is 0.556. The number of sulfonamides is 1. The highest BCUT2D eigenvalue weighted by molar-refractivity contribution is 7.93. The van der Waals surface area contributed by atoms with Crippen LogP contribution in [-0.4, -0.2) is 44.7 Å². The van der Waals surface area contributed by atoms with E-state index in [9.17, 15) is 18.0 Å². The lowest BCUT2D eigenvalue weighted by molar-refractivity contribution is -0.129. The molecule has 0 aromatic heterocycles. The van der Waals surface area contributed by atoms with Crippen LogP contribution in [0.2, 0.25) is 0 Å². The maximum absolute atomic E-state index is 12.2. The molecule has 1 heterocycles. The van der Waals surface area contributed by atoms with E-state index in [2.05, 4.69) is 5.32 Å². The van der Waals surface area contributed by atoms with E-state index in [1.165, 1.54) is 16.4 Å². The van der Waals surface area contributed by atoms with Crippen molar-refractivity contribution in [3.05, 3.63) is 29.8 Å². The number of benzene rings is 1. The highest BCUT2D eigenvalue weighted by atomic mass is 32.2. The minimum Gasteiger partial charge on any atom is -0.449 e. The summed E-state index contributed by atoms with van der Waals surface area (Å²) in [6.45, 7) is 2.00. The van der Waals surface area contributed by atoms with Gasteiger partial charge in [0.05, 0.1) is 17.0 Å². The standard InChI is InChI=1S/C18H24N2O5S/c1-13(17(21)19-15-5-2-3-6-15)25-18(22)14-7-9-16(10-8-14)20-11-4-12-26(20,23)24/h7-10,13,15H,2-6,11-12H2,1H3,(H,19,21). The molecule has 1 saturated heterocycles. The van der Waals surface area contributed by atoms with E-state index in [1.54, 1.807) is 19.1 Å². The Balaban J connectivity index is 1.58. The largest absolute Gasteiger partial charge is 0.449 e. The molecule has 8 heteroatoms. The van der Waals surface area contributed by atoms with Gasteiger partial charge in [-0.25, -0.2) is 13.2 Å². The van der Waals surface area contributed by atoms with Crippen LogP contribution in [0.25, 0.3) is 0 Å². The molecule has 1 aliphatic carbocycles. The lowest BCUT2D eigenvalue weighted by Crippen LogP contribution is -2.40. The highest BCUT2D eigenvalue weighted by Gasteiger charge is 2.28. The Morgan fingerprint density at radius 1 is 1.15 bits per heavy atom. The van der Waals surface area contributed by atoms with E-state index >= 15 is 0 Å². The Kier molecular flexibility index (Phi) is 5.50. The summed E-state index contributed by atoms with van der Waals surface area (Å²) in [5.74, 6) is -0.746.